The van der Waals surface area contributed by atoms with Gasteiger partial charge in [0.15, 0.2) is 0 Å². The SMILES string of the molecule is Cl.Oc1ccccc1[C@@H]1CN(Cc2ccccc2)C[C@@H]1CCl. The van der Waals surface area contributed by atoms with Crippen molar-refractivity contribution in [2.75, 3.05) is 19.0 Å². The molecule has 1 saturated heterocycles. The molecule has 0 spiro atoms. The summed E-state index contributed by atoms with van der Waals surface area (Å²) in [6.45, 7) is 2.87. The molecule has 0 bridgehead atoms. The summed E-state index contributed by atoms with van der Waals surface area (Å²) in [5, 5.41) is 10.1. The van der Waals surface area contributed by atoms with Gasteiger partial charge in [0.05, 0.1) is 0 Å². The molecule has 1 fully saturated rings. The molecule has 0 aromatic heterocycles. The summed E-state index contributed by atoms with van der Waals surface area (Å²) in [5.41, 5.74) is 2.35. The van der Waals surface area contributed by atoms with E-state index in [2.05, 4.69) is 29.2 Å². The smallest absolute Gasteiger partial charge is 0.119 e. The largest absolute Gasteiger partial charge is 0.508 e. The van der Waals surface area contributed by atoms with E-state index in [1.54, 1.807) is 6.07 Å². The van der Waals surface area contributed by atoms with Gasteiger partial charge >= 0.3 is 0 Å². The summed E-state index contributed by atoms with van der Waals surface area (Å²) >= 11 is 6.16. The first-order valence-corrected chi connectivity index (χ1v) is 7.91. The van der Waals surface area contributed by atoms with E-state index in [4.69, 9.17) is 11.6 Å². The minimum Gasteiger partial charge on any atom is -0.508 e. The number of alkyl halides is 1. The number of likely N-dealkylation sites (tertiary alicyclic amines) is 1. The minimum absolute atomic E-state index is 0. The second-order valence-electron chi connectivity index (χ2n) is 5.76. The third kappa shape index (κ3) is 3.75. The number of hydrogen-bond acceptors (Lipinski definition) is 2. The topological polar surface area (TPSA) is 23.5 Å². The van der Waals surface area contributed by atoms with E-state index >= 15 is 0 Å². The molecule has 2 nitrogen and oxygen atoms in total. The molecular formula is C18H21Cl2NO. The van der Waals surface area contributed by atoms with Gasteiger partial charge in [0.25, 0.3) is 0 Å². The second-order valence-corrected chi connectivity index (χ2v) is 6.07. The number of aromatic hydroxyl groups is 1. The normalized spacial score (nSPS) is 21.5. The second kappa shape index (κ2) is 7.87. The zero-order chi connectivity index (χ0) is 14.7. The van der Waals surface area contributed by atoms with Gasteiger partial charge in [0.1, 0.15) is 5.75 Å². The lowest BCUT2D eigenvalue weighted by Gasteiger charge is -2.17. The van der Waals surface area contributed by atoms with Crippen LogP contribution in [-0.4, -0.2) is 29.0 Å². The van der Waals surface area contributed by atoms with Crippen molar-refractivity contribution in [2.24, 2.45) is 5.92 Å². The number of rotatable bonds is 4. The van der Waals surface area contributed by atoms with Crippen LogP contribution in [0.25, 0.3) is 0 Å². The van der Waals surface area contributed by atoms with Gasteiger partial charge in [-0.25, -0.2) is 0 Å². The number of para-hydroxylation sites is 1. The molecule has 3 rings (SSSR count). The number of hydrogen-bond donors (Lipinski definition) is 1. The highest BCUT2D eigenvalue weighted by Crippen LogP contribution is 2.37. The average Bonchev–Trinajstić information content (AvgIpc) is 2.91. The maximum atomic E-state index is 10.1. The fraction of sp³-hybridized carbons (Fsp3) is 0.333. The van der Waals surface area contributed by atoms with E-state index in [0.717, 1.165) is 25.2 Å². The summed E-state index contributed by atoms with van der Waals surface area (Å²) in [7, 11) is 0. The van der Waals surface area contributed by atoms with Gasteiger partial charge in [0, 0.05) is 31.4 Å². The first-order chi connectivity index (χ1) is 10.3. The van der Waals surface area contributed by atoms with E-state index < -0.39 is 0 Å². The molecule has 1 aliphatic heterocycles. The monoisotopic (exact) mass is 337 g/mol. The van der Waals surface area contributed by atoms with Crippen LogP contribution in [0.2, 0.25) is 0 Å². The molecule has 0 saturated carbocycles. The molecule has 2 aromatic rings. The zero-order valence-corrected chi connectivity index (χ0v) is 13.9. The van der Waals surface area contributed by atoms with E-state index in [1.807, 2.05) is 24.3 Å². The van der Waals surface area contributed by atoms with Crippen LogP contribution in [0.5, 0.6) is 5.75 Å². The van der Waals surface area contributed by atoms with Gasteiger partial charge in [0.2, 0.25) is 0 Å². The van der Waals surface area contributed by atoms with Crippen LogP contribution >= 0.6 is 24.0 Å². The van der Waals surface area contributed by atoms with Gasteiger partial charge in [-0.15, -0.1) is 24.0 Å². The maximum absolute atomic E-state index is 10.1. The lowest BCUT2D eigenvalue weighted by atomic mass is 9.89. The summed E-state index contributed by atoms with van der Waals surface area (Å²) in [6, 6.07) is 18.1. The Bertz CT molecular complexity index is 591. The third-order valence-corrected chi connectivity index (χ3v) is 4.70. The van der Waals surface area contributed by atoms with Crippen LogP contribution in [0.4, 0.5) is 0 Å². The predicted molar refractivity (Wildman–Crippen MR) is 94.0 cm³/mol. The number of phenolic OH excluding ortho intramolecular Hbond substituents is 1. The van der Waals surface area contributed by atoms with E-state index in [0.29, 0.717) is 23.5 Å². The highest BCUT2D eigenvalue weighted by atomic mass is 35.5. The van der Waals surface area contributed by atoms with Gasteiger partial charge < -0.3 is 5.11 Å². The predicted octanol–water partition coefficient (Wildman–Crippen LogP) is 4.27. The van der Waals surface area contributed by atoms with Crippen LogP contribution in [0.15, 0.2) is 54.6 Å². The number of phenols is 1. The standard InChI is InChI=1S/C18H20ClNO.ClH/c19-10-15-12-20(11-14-6-2-1-3-7-14)13-17(15)16-8-4-5-9-18(16)21;/h1-9,15,17,21H,10-13H2;1H/t15-,17+;/m0./s1. The highest BCUT2D eigenvalue weighted by molar-refractivity contribution is 6.18. The number of benzene rings is 2. The molecule has 118 valence electrons. The van der Waals surface area contributed by atoms with Crippen LogP contribution < -0.4 is 0 Å². The summed E-state index contributed by atoms with van der Waals surface area (Å²) in [4.78, 5) is 2.43. The minimum atomic E-state index is 0. The van der Waals surface area contributed by atoms with Crippen LogP contribution in [0, 0.1) is 5.92 Å². The number of nitrogens with zero attached hydrogens (tertiary/aromatic N) is 1. The molecule has 1 N–H and O–H groups in total. The first kappa shape index (κ1) is 17.1. The van der Waals surface area contributed by atoms with Crippen molar-refractivity contribution in [3.8, 4) is 5.75 Å². The fourth-order valence-electron chi connectivity index (χ4n) is 3.24. The van der Waals surface area contributed by atoms with Crippen molar-refractivity contribution in [2.45, 2.75) is 12.5 Å². The molecule has 0 amide bonds. The molecule has 0 aliphatic carbocycles. The fourth-order valence-corrected chi connectivity index (χ4v) is 3.55. The van der Waals surface area contributed by atoms with Gasteiger partial charge in [-0.05, 0) is 23.1 Å². The molecule has 22 heavy (non-hydrogen) atoms. The third-order valence-electron chi connectivity index (χ3n) is 4.30. The summed E-state index contributed by atoms with van der Waals surface area (Å²) in [5.74, 6) is 1.72. The Balaban J connectivity index is 0.00000176. The van der Waals surface area contributed by atoms with Crippen molar-refractivity contribution < 1.29 is 5.11 Å². The van der Waals surface area contributed by atoms with Crippen LogP contribution in [-0.2, 0) is 6.54 Å². The van der Waals surface area contributed by atoms with Crippen molar-refractivity contribution >= 4 is 24.0 Å². The van der Waals surface area contributed by atoms with Crippen molar-refractivity contribution in [3.05, 3.63) is 65.7 Å². The molecule has 0 unspecified atom stereocenters. The molecule has 1 heterocycles. The van der Waals surface area contributed by atoms with Crippen molar-refractivity contribution in [3.63, 3.8) is 0 Å². The maximum Gasteiger partial charge on any atom is 0.119 e. The lowest BCUT2D eigenvalue weighted by molar-refractivity contribution is 0.319. The van der Waals surface area contributed by atoms with E-state index in [-0.39, 0.29) is 12.4 Å². The Morgan fingerprint density at radius 3 is 2.36 bits per heavy atom. The van der Waals surface area contributed by atoms with Crippen LogP contribution in [0.3, 0.4) is 0 Å². The Labute approximate surface area is 143 Å². The van der Waals surface area contributed by atoms with Crippen LogP contribution in [0.1, 0.15) is 17.0 Å². The lowest BCUT2D eigenvalue weighted by Crippen LogP contribution is -2.20. The van der Waals surface area contributed by atoms with E-state index in [9.17, 15) is 5.11 Å². The Kier molecular flexibility index (Phi) is 6.13. The Hall–Kier alpha value is -1.22. The van der Waals surface area contributed by atoms with Gasteiger partial charge in [-0.3, -0.25) is 4.90 Å². The average molecular weight is 338 g/mol. The molecule has 2 atom stereocenters. The summed E-state index contributed by atoms with van der Waals surface area (Å²) < 4.78 is 0. The molecule has 2 aromatic carbocycles. The van der Waals surface area contributed by atoms with Gasteiger partial charge in [-0.2, -0.15) is 0 Å². The van der Waals surface area contributed by atoms with E-state index in [1.165, 1.54) is 5.56 Å². The number of halogens is 2. The Morgan fingerprint density at radius 2 is 1.68 bits per heavy atom. The zero-order valence-electron chi connectivity index (χ0n) is 12.4. The quantitative estimate of drug-likeness (QED) is 0.842. The Morgan fingerprint density at radius 1 is 1.00 bits per heavy atom. The molecule has 4 heteroatoms. The summed E-state index contributed by atoms with van der Waals surface area (Å²) in [6.07, 6.45) is 0. The highest BCUT2D eigenvalue weighted by Gasteiger charge is 2.34. The first-order valence-electron chi connectivity index (χ1n) is 7.38. The molecule has 0 radical (unpaired) electrons. The van der Waals surface area contributed by atoms with Gasteiger partial charge in [-0.1, -0.05) is 48.5 Å². The molecular weight excluding hydrogens is 317 g/mol. The molecule has 1 aliphatic rings. The van der Waals surface area contributed by atoms with Crippen molar-refractivity contribution in [1.29, 1.82) is 0 Å². The van der Waals surface area contributed by atoms with Crippen molar-refractivity contribution in [1.82, 2.24) is 4.90 Å².